The van der Waals surface area contributed by atoms with Crippen LogP contribution < -0.4 is 5.32 Å². The highest BCUT2D eigenvalue weighted by molar-refractivity contribution is 7.10. The van der Waals surface area contributed by atoms with Crippen molar-refractivity contribution in [3.8, 4) is 0 Å². The summed E-state index contributed by atoms with van der Waals surface area (Å²) in [6.07, 6.45) is 1.66. The highest BCUT2D eigenvalue weighted by Gasteiger charge is 2.22. The molecule has 1 N–H and O–H groups in total. The number of aromatic nitrogens is 4. The number of nitrogens with one attached hydrogen (secondary N) is 1. The van der Waals surface area contributed by atoms with E-state index in [0.717, 1.165) is 10.6 Å². The lowest BCUT2D eigenvalue weighted by Crippen LogP contribution is -2.32. The van der Waals surface area contributed by atoms with Crippen molar-refractivity contribution in [2.45, 2.75) is 26.8 Å². The maximum absolute atomic E-state index is 12.5. The first-order chi connectivity index (χ1) is 10.6. The Morgan fingerprint density at radius 2 is 2.18 bits per heavy atom. The minimum atomic E-state index is -0.281. The van der Waals surface area contributed by atoms with Gasteiger partial charge in [0.2, 0.25) is 5.82 Å². The van der Waals surface area contributed by atoms with Crippen LogP contribution in [0.1, 0.15) is 41.1 Å². The number of carbonyl (C=O) groups excluding carboxylic acids is 1. The molecule has 3 rings (SSSR count). The summed E-state index contributed by atoms with van der Waals surface area (Å²) in [5, 5.41) is 9.27. The van der Waals surface area contributed by atoms with Gasteiger partial charge in [-0.1, -0.05) is 19.9 Å². The van der Waals surface area contributed by atoms with E-state index in [-0.39, 0.29) is 23.7 Å². The van der Waals surface area contributed by atoms with Gasteiger partial charge in [0, 0.05) is 16.8 Å². The maximum atomic E-state index is 12.5. The molecule has 0 unspecified atom stereocenters. The van der Waals surface area contributed by atoms with Gasteiger partial charge in [0.05, 0.1) is 6.04 Å². The van der Waals surface area contributed by atoms with Gasteiger partial charge in [-0.05, 0) is 30.4 Å². The van der Waals surface area contributed by atoms with Crippen LogP contribution in [0.25, 0.3) is 5.78 Å². The number of amides is 1. The van der Waals surface area contributed by atoms with E-state index in [4.69, 9.17) is 0 Å². The van der Waals surface area contributed by atoms with Gasteiger partial charge in [0.1, 0.15) is 0 Å². The average molecular weight is 315 g/mol. The van der Waals surface area contributed by atoms with Crippen molar-refractivity contribution in [1.82, 2.24) is 24.9 Å². The van der Waals surface area contributed by atoms with Crippen LogP contribution in [0, 0.1) is 12.8 Å². The molecule has 1 atom stereocenters. The summed E-state index contributed by atoms with van der Waals surface area (Å²) in [6.45, 7) is 6.05. The Morgan fingerprint density at radius 3 is 2.82 bits per heavy atom. The zero-order valence-corrected chi connectivity index (χ0v) is 13.5. The molecule has 1 amide bonds. The maximum Gasteiger partial charge on any atom is 0.291 e. The van der Waals surface area contributed by atoms with E-state index in [1.807, 2.05) is 30.5 Å². The first-order valence-electron chi connectivity index (χ1n) is 7.09. The van der Waals surface area contributed by atoms with Crippen LogP contribution in [-0.4, -0.2) is 25.5 Å². The quantitative estimate of drug-likeness (QED) is 0.803. The van der Waals surface area contributed by atoms with Crippen LogP contribution in [0.2, 0.25) is 0 Å². The average Bonchev–Trinajstić information content (AvgIpc) is 3.13. The van der Waals surface area contributed by atoms with E-state index >= 15 is 0 Å². The van der Waals surface area contributed by atoms with Crippen molar-refractivity contribution in [2.75, 3.05) is 0 Å². The van der Waals surface area contributed by atoms with Crippen molar-refractivity contribution in [3.63, 3.8) is 0 Å². The molecule has 0 aromatic carbocycles. The predicted octanol–water partition coefficient (Wildman–Crippen LogP) is 2.62. The van der Waals surface area contributed by atoms with E-state index in [9.17, 15) is 4.79 Å². The number of carbonyl (C=O) groups is 1. The smallest absolute Gasteiger partial charge is 0.291 e. The first-order valence-corrected chi connectivity index (χ1v) is 7.97. The summed E-state index contributed by atoms with van der Waals surface area (Å²) < 4.78 is 1.57. The number of fused-ring (bicyclic) bond motifs is 1. The SMILES string of the molecule is Cc1ccnc2nc(C(=O)N[C@@H](c3cccs3)C(C)C)nn12. The third kappa shape index (κ3) is 2.71. The highest BCUT2D eigenvalue weighted by Crippen LogP contribution is 2.25. The Kier molecular flexibility index (Phi) is 3.89. The fourth-order valence-electron chi connectivity index (χ4n) is 2.24. The Hall–Kier alpha value is -2.28. The molecule has 0 bridgehead atoms. The molecule has 0 aliphatic heterocycles. The van der Waals surface area contributed by atoms with E-state index in [2.05, 4.69) is 34.2 Å². The molecule has 0 fully saturated rings. The molecule has 0 radical (unpaired) electrons. The van der Waals surface area contributed by atoms with Gasteiger partial charge in [-0.3, -0.25) is 4.79 Å². The van der Waals surface area contributed by atoms with Gasteiger partial charge in [-0.15, -0.1) is 16.4 Å². The van der Waals surface area contributed by atoms with Crippen LogP contribution >= 0.6 is 11.3 Å². The lowest BCUT2D eigenvalue weighted by molar-refractivity contribution is 0.0916. The number of aryl methyl sites for hydroxylation is 1. The summed E-state index contributed by atoms with van der Waals surface area (Å²) >= 11 is 1.63. The molecule has 0 spiro atoms. The third-order valence-electron chi connectivity index (χ3n) is 3.44. The number of nitrogens with zero attached hydrogens (tertiary/aromatic N) is 4. The van der Waals surface area contributed by atoms with Gasteiger partial charge < -0.3 is 5.32 Å². The first kappa shape index (κ1) is 14.6. The van der Waals surface area contributed by atoms with Crippen LogP contribution in [0.3, 0.4) is 0 Å². The molecule has 7 heteroatoms. The number of hydrogen-bond donors (Lipinski definition) is 1. The molecule has 3 aromatic rings. The predicted molar refractivity (Wildman–Crippen MR) is 84.9 cm³/mol. The minimum Gasteiger partial charge on any atom is -0.341 e. The summed E-state index contributed by atoms with van der Waals surface area (Å²) in [5.41, 5.74) is 0.884. The Labute approximate surface area is 132 Å². The molecule has 3 aromatic heterocycles. The van der Waals surface area contributed by atoms with Crippen molar-refractivity contribution in [2.24, 2.45) is 5.92 Å². The fourth-order valence-corrected chi connectivity index (χ4v) is 3.19. The standard InChI is InChI=1S/C15H17N5OS/c1-9(2)12(11-5-4-8-22-11)17-14(21)13-18-15-16-7-6-10(3)20(15)19-13/h4-9,12H,1-3H3,(H,17,21)/t12-/m1/s1. The van der Waals surface area contributed by atoms with E-state index in [1.54, 1.807) is 22.0 Å². The van der Waals surface area contributed by atoms with Crippen LogP contribution in [-0.2, 0) is 0 Å². The molecular formula is C15H17N5OS. The minimum absolute atomic E-state index is 0.0480. The van der Waals surface area contributed by atoms with Crippen molar-refractivity contribution in [1.29, 1.82) is 0 Å². The van der Waals surface area contributed by atoms with Gasteiger partial charge in [0.15, 0.2) is 0 Å². The molecule has 3 heterocycles. The van der Waals surface area contributed by atoms with Crippen LogP contribution in [0.4, 0.5) is 0 Å². The molecule has 0 aliphatic carbocycles. The van der Waals surface area contributed by atoms with Gasteiger partial charge >= 0.3 is 0 Å². The summed E-state index contributed by atoms with van der Waals surface area (Å²) in [4.78, 5) is 21.9. The van der Waals surface area contributed by atoms with Crippen LogP contribution in [0.15, 0.2) is 29.8 Å². The third-order valence-corrected chi connectivity index (χ3v) is 4.39. The fraction of sp³-hybridized carbons (Fsp3) is 0.333. The van der Waals surface area contributed by atoms with E-state index < -0.39 is 0 Å². The van der Waals surface area contributed by atoms with Gasteiger partial charge in [0.25, 0.3) is 11.7 Å². The molecule has 0 aliphatic rings. The normalized spacial score (nSPS) is 12.7. The summed E-state index contributed by atoms with van der Waals surface area (Å²) in [7, 11) is 0. The topological polar surface area (TPSA) is 72.2 Å². The Balaban J connectivity index is 1.87. The molecule has 6 nitrogen and oxygen atoms in total. The zero-order chi connectivity index (χ0) is 15.7. The highest BCUT2D eigenvalue weighted by atomic mass is 32.1. The lowest BCUT2D eigenvalue weighted by atomic mass is 10.0. The van der Waals surface area contributed by atoms with Gasteiger partial charge in [-0.25, -0.2) is 9.50 Å². The second-order valence-electron chi connectivity index (χ2n) is 5.44. The van der Waals surface area contributed by atoms with Crippen molar-refractivity contribution in [3.05, 3.63) is 46.2 Å². The molecule has 0 saturated heterocycles. The van der Waals surface area contributed by atoms with E-state index in [0.29, 0.717) is 5.78 Å². The second-order valence-corrected chi connectivity index (χ2v) is 6.42. The monoisotopic (exact) mass is 315 g/mol. The molecule has 22 heavy (non-hydrogen) atoms. The number of thiophene rings is 1. The largest absolute Gasteiger partial charge is 0.341 e. The zero-order valence-electron chi connectivity index (χ0n) is 12.6. The Morgan fingerprint density at radius 1 is 1.36 bits per heavy atom. The molecule has 0 saturated carbocycles. The summed E-state index contributed by atoms with van der Waals surface area (Å²) in [6, 6.07) is 5.79. The van der Waals surface area contributed by atoms with Crippen molar-refractivity contribution >= 4 is 23.0 Å². The molecular weight excluding hydrogens is 298 g/mol. The summed E-state index contributed by atoms with van der Waals surface area (Å²) in [5.74, 6) is 0.572. The van der Waals surface area contributed by atoms with Crippen LogP contribution in [0.5, 0.6) is 0 Å². The lowest BCUT2D eigenvalue weighted by Gasteiger charge is -2.20. The van der Waals surface area contributed by atoms with Crippen molar-refractivity contribution < 1.29 is 4.79 Å². The Bertz CT molecular complexity index is 793. The number of hydrogen-bond acceptors (Lipinski definition) is 5. The number of rotatable bonds is 4. The molecule has 114 valence electrons. The van der Waals surface area contributed by atoms with Gasteiger partial charge in [-0.2, -0.15) is 4.98 Å². The second kappa shape index (κ2) is 5.84. The van der Waals surface area contributed by atoms with E-state index in [1.165, 1.54) is 0 Å².